The van der Waals surface area contributed by atoms with Gasteiger partial charge in [0.1, 0.15) is 6.61 Å². The quantitative estimate of drug-likeness (QED) is 0.0296. The highest BCUT2D eigenvalue weighted by Gasteiger charge is 2.31. The fraction of sp³-hybridized carbons (Fsp3) is 0.881. The highest BCUT2D eigenvalue weighted by atomic mass is 16.6. The summed E-state index contributed by atoms with van der Waals surface area (Å²) in [5, 5.41) is 9.59. The molecule has 2 atom stereocenters. The lowest BCUT2D eigenvalue weighted by atomic mass is 10.0. The van der Waals surface area contributed by atoms with Crippen molar-refractivity contribution >= 4 is 17.9 Å². The van der Waals surface area contributed by atoms with Gasteiger partial charge in [0.15, 0.2) is 12.1 Å². The number of rotatable bonds is 37. The molecule has 0 aliphatic rings. The van der Waals surface area contributed by atoms with Gasteiger partial charge >= 0.3 is 17.9 Å². The van der Waals surface area contributed by atoms with Crippen molar-refractivity contribution in [2.75, 3.05) is 41.0 Å². The van der Waals surface area contributed by atoms with E-state index < -0.39 is 18.1 Å². The zero-order valence-electron chi connectivity index (χ0n) is 33.4. The molecule has 294 valence electrons. The average Bonchev–Trinajstić information content (AvgIpc) is 3.06. The first-order valence-electron chi connectivity index (χ1n) is 20.7. The summed E-state index contributed by atoms with van der Waals surface area (Å²) < 4.78 is 17.2. The molecular formula is C42H80NO7+. The molecule has 0 fully saturated rings. The monoisotopic (exact) mass is 711 g/mol. The molecule has 0 bridgehead atoms. The molecule has 2 unspecified atom stereocenters. The maximum absolute atomic E-state index is 12.7. The lowest BCUT2D eigenvalue weighted by Crippen LogP contribution is -2.50. The highest BCUT2D eigenvalue weighted by molar-refractivity contribution is 5.72. The van der Waals surface area contributed by atoms with Crippen molar-refractivity contribution in [2.45, 2.75) is 199 Å². The second-order valence-corrected chi connectivity index (χ2v) is 15.2. The molecule has 0 saturated heterocycles. The molecule has 0 amide bonds. The molecule has 50 heavy (non-hydrogen) atoms. The molecule has 0 heterocycles. The van der Waals surface area contributed by atoms with Crippen molar-refractivity contribution in [3.8, 4) is 0 Å². The van der Waals surface area contributed by atoms with Crippen molar-refractivity contribution in [1.29, 1.82) is 0 Å². The summed E-state index contributed by atoms with van der Waals surface area (Å²) in [5.41, 5.74) is 0. The molecule has 0 radical (unpaired) electrons. The summed E-state index contributed by atoms with van der Waals surface area (Å²) in [6, 6.07) is -0.610. The Balaban J connectivity index is 4.38. The summed E-state index contributed by atoms with van der Waals surface area (Å²) in [7, 11) is 5.52. The van der Waals surface area contributed by atoms with Crippen LogP contribution < -0.4 is 0 Å². The standard InChI is InChI=1S/C42H79NO7/c1-6-8-10-12-14-16-18-20-22-24-26-28-30-32-40(44)49-37-38(36-48-35-34-39(42(46)47)43(3,4)5)50-41(45)33-31-29-27-25-23-21-19-17-15-13-11-9-7-2/h17,19,38-39H,6-16,18,20-37H2,1-5H3/p+1/b19-17-. The van der Waals surface area contributed by atoms with E-state index in [1.165, 1.54) is 103 Å². The van der Waals surface area contributed by atoms with E-state index >= 15 is 0 Å². The van der Waals surface area contributed by atoms with Crippen LogP contribution in [0.25, 0.3) is 0 Å². The first kappa shape index (κ1) is 48.1. The first-order valence-corrected chi connectivity index (χ1v) is 20.7. The van der Waals surface area contributed by atoms with Crippen LogP contribution in [-0.4, -0.2) is 80.6 Å². The molecular weight excluding hydrogens is 630 g/mol. The van der Waals surface area contributed by atoms with E-state index in [1.807, 2.05) is 21.1 Å². The van der Waals surface area contributed by atoms with Gasteiger partial charge < -0.3 is 23.8 Å². The molecule has 0 saturated carbocycles. The minimum Gasteiger partial charge on any atom is -0.477 e. The molecule has 0 spiro atoms. The fourth-order valence-corrected chi connectivity index (χ4v) is 6.14. The Bertz CT molecular complexity index is 838. The Hall–Kier alpha value is -1.93. The molecule has 8 nitrogen and oxygen atoms in total. The van der Waals surface area contributed by atoms with Gasteiger partial charge in [0.2, 0.25) is 0 Å². The molecule has 0 aromatic heterocycles. The van der Waals surface area contributed by atoms with Crippen LogP contribution in [0.2, 0.25) is 0 Å². The molecule has 0 aromatic rings. The highest BCUT2D eigenvalue weighted by Crippen LogP contribution is 2.15. The van der Waals surface area contributed by atoms with Crippen LogP contribution in [0.5, 0.6) is 0 Å². The van der Waals surface area contributed by atoms with Crippen LogP contribution >= 0.6 is 0 Å². The number of carboxylic acids is 1. The van der Waals surface area contributed by atoms with Crippen LogP contribution in [0, 0.1) is 0 Å². The Morgan fingerprint density at radius 1 is 0.580 bits per heavy atom. The van der Waals surface area contributed by atoms with Gasteiger partial charge in [0.05, 0.1) is 34.4 Å². The zero-order chi connectivity index (χ0) is 37.1. The predicted molar refractivity (Wildman–Crippen MR) is 206 cm³/mol. The van der Waals surface area contributed by atoms with Gasteiger partial charge in [0.25, 0.3) is 0 Å². The Morgan fingerprint density at radius 2 is 1.00 bits per heavy atom. The van der Waals surface area contributed by atoms with Gasteiger partial charge in [-0.15, -0.1) is 0 Å². The van der Waals surface area contributed by atoms with E-state index in [0.717, 1.165) is 51.4 Å². The number of ether oxygens (including phenoxy) is 3. The second kappa shape index (κ2) is 34.2. The number of esters is 2. The Morgan fingerprint density at radius 3 is 1.46 bits per heavy atom. The minimum atomic E-state index is -0.875. The summed E-state index contributed by atoms with van der Waals surface area (Å²) in [4.78, 5) is 36.8. The van der Waals surface area contributed by atoms with E-state index in [2.05, 4.69) is 26.0 Å². The maximum Gasteiger partial charge on any atom is 0.362 e. The van der Waals surface area contributed by atoms with E-state index in [1.54, 1.807) is 0 Å². The van der Waals surface area contributed by atoms with E-state index in [-0.39, 0.29) is 36.2 Å². The molecule has 0 aromatic carbocycles. The van der Waals surface area contributed by atoms with Crippen LogP contribution in [-0.2, 0) is 28.6 Å². The number of likely N-dealkylation sites (N-methyl/N-ethyl adjacent to an activating group) is 1. The first-order chi connectivity index (χ1) is 24.1. The summed E-state index contributed by atoms with van der Waals surface area (Å²) in [5.74, 6) is -1.47. The van der Waals surface area contributed by atoms with Crippen molar-refractivity contribution in [1.82, 2.24) is 0 Å². The number of carboxylic acid groups (broad SMARTS) is 1. The number of unbranched alkanes of at least 4 members (excludes halogenated alkanes) is 21. The van der Waals surface area contributed by atoms with Crippen LogP contribution in [0.3, 0.4) is 0 Å². The third-order valence-corrected chi connectivity index (χ3v) is 9.41. The summed E-state index contributed by atoms with van der Waals surface area (Å²) in [6.45, 7) is 4.72. The lowest BCUT2D eigenvalue weighted by molar-refractivity contribution is -0.887. The maximum atomic E-state index is 12.7. The SMILES string of the molecule is CCCCCC/C=C\CCCCCCCC(=O)OC(COCCC(C(=O)O)[N+](C)(C)C)COC(=O)CCCCCCCCCCCCCCC. The van der Waals surface area contributed by atoms with Crippen molar-refractivity contribution in [3.05, 3.63) is 12.2 Å². The minimum absolute atomic E-state index is 0.0488. The van der Waals surface area contributed by atoms with Crippen LogP contribution in [0.15, 0.2) is 12.2 Å². The van der Waals surface area contributed by atoms with Crippen molar-refractivity contribution < 1.29 is 38.2 Å². The van der Waals surface area contributed by atoms with E-state index in [9.17, 15) is 19.5 Å². The number of hydrogen-bond donors (Lipinski definition) is 1. The van der Waals surface area contributed by atoms with Gasteiger partial charge in [-0.2, -0.15) is 0 Å². The van der Waals surface area contributed by atoms with E-state index in [4.69, 9.17) is 14.2 Å². The third kappa shape index (κ3) is 32.0. The zero-order valence-corrected chi connectivity index (χ0v) is 33.4. The fourth-order valence-electron chi connectivity index (χ4n) is 6.14. The van der Waals surface area contributed by atoms with Crippen LogP contribution in [0.1, 0.15) is 187 Å². The molecule has 1 N–H and O–H groups in total. The second-order valence-electron chi connectivity index (χ2n) is 15.2. The topological polar surface area (TPSA) is 99.1 Å². The molecule has 0 aliphatic heterocycles. The smallest absolute Gasteiger partial charge is 0.362 e. The van der Waals surface area contributed by atoms with Gasteiger partial charge in [-0.1, -0.05) is 142 Å². The summed E-state index contributed by atoms with van der Waals surface area (Å²) >= 11 is 0. The number of hydrogen-bond acceptors (Lipinski definition) is 6. The number of carbonyl (C=O) groups excluding carboxylic acids is 2. The normalized spacial score (nSPS) is 13.1. The Labute approximate surface area is 308 Å². The van der Waals surface area contributed by atoms with Gasteiger partial charge in [-0.25, -0.2) is 4.79 Å². The van der Waals surface area contributed by atoms with Crippen molar-refractivity contribution in [3.63, 3.8) is 0 Å². The average molecular weight is 711 g/mol. The lowest BCUT2D eigenvalue weighted by Gasteiger charge is -2.31. The van der Waals surface area contributed by atoms with Gasteiger partial charge in [-0.05, 0) is 38.5 Å². The van der Waals surface area contributed by atoms with E-state index in [0.29, 0.717) is 19.3 Å². The third-order valence-electron chi connectivity index (χ3n) is 9.41. The molecule has 0 aliphatic carbocycles. The molecule has 8 heteroatoms. The van der Waals surface area contributed by atoms with Crippen LogP contribution in [0.4, 0.5) is 0 Å². The predicted octanol–water partition coefficient (Wildman–Crippen LogP) is 10.7. The largest absolute Gasteiger partial charge is 0.477 e. The number of aliphatic carboxylic acids is 1. The summed E-state index contributed by atoms with van der Waals surface area (Å²) in [6.07, 6.45) is 33.9. The van der Waals surface area contributed by atoms with Gasteiger partial charge in [-0.3, -0.25) is 9.59 Å². The number of allylic oxidation sites excluding steroid dienone is 2. The Kier molecular flexibility index (Phi) is 32.9. The number of quaternary nitrogens is 1. The number of carbonyl (C=O) groups is 3. The molecule has 0 rings (SSSR count). The van der Waals surface area contributed by atoms with Crippen molar-refractivity contribution in [2.24, 2.45) is 0 Å². The van der Waals surface area contributed by atoms with Gasteiger partial charge in [0, 0.05) is 19.3 Å². The number of nitrogens with zero attached hydrogens (tertiary/aromatic N) is 1.